The summed E-state index contributed by atoms with van der Waals surface area (Å²) < 4.78 is 0. The Bertz CT molecular complexity index is 266. The molecular formula is C11H17BrN2. The van der Waals surface area contributed by atoms with E-state index in [9.17, 15) is 0 Å². The van der Waals surface area contributed by atoms with Gasteiger partial charge in [-0.05, 0) is 23.8 Å². The van der Waals surface area contributed by atoms with Gasteiger partial charge in [0, 0.05) is 17.2 Å². The lowest BCUT2D eigenvalue weighted by molar-refractivity contribution is 0.385. The fraction of sp³-hybridized carbons (Fsp3) is 0.636. The smallest absolute Gasteiger partial charge is 0.115 e. The zero-order valence-corrected chi connectivity index (χ0v) is 10.6. The Morgan fingerprint density at radius 3 is 2.36 bits per heavy atom. The summed E-state index contributed by atoms with van der Waals surface area (Å²) in [6.07, 6.45) is 7.49. The quantitative estimate of drug-likeness (QED) is 0.777. The number of rotatable bonds is 3. The lowest BCUT2D eigenvalue weighted by Gasteiger charge is -2.25. The van der Waals surface area contributed by atoms with E-state index in [1.54, 1.807) is 6.33 Å². The minimum Gasteiger partial charge on any atom is -0.245 e. The maximum absolute atomic E-state index is 4.00. The first-order valence-corrected chi connectivity index (χ1v) is 5.79. The molecule has 1 unspecified atom stereocenters. The Balaban J connectivity index is 2.42. The molecule has 0 spiro atoms. The van der Waals surface area contributed by atoms with Crippen LogP contribution in [0.3, 0.4) is 0 Å². The van der Waals surface area contributed by atoms with E-state index in [-0.39, 0.29) is 0 Å². The number of hydrogen-bond acceptors (Lipinski definition) is 2. The lowest BCUT2D eigenvalue weighted by atomic mass is 9.89. The molecule has 0 amide bonds. The highest BCUT2D eigenvalue weighted by atomic mass is 79.9. The van der Waals surface area contributed by atoms with Gasteiger partial charge in [0.05, 0.1) is 0 Å². The Hall–Kier alpha value is -0.440. The van der Waals surface area contributed by atoms with Crippen molar-refractivity contribution in [3.8, 4) is 0 Å². The highest BCUT2D eigenvalue weighted by Crippen LogP contribution is 2.29. The second-order valence-corrected chi connectivity index (χ2v) is 5.72. The lowest BCUT2D eigenvalue weighted by Crippen LogP contribution is -2.20. The predicted molar refractivity (Wildman–Crippen MR) is 62.5 cm³/mol. The van der Waals surface area contributed by atoms with Gasteiger partial charge in [-0.15, -0.1) is 0 Å². The Labute approximate surface area is 94.3 Å². The van der Waals surface area contributed by atoms with E-state index in [1.807, 2.05) is 12.4 Å². The van der Waals surface area contributed by atoms with Crippen molar-refractivity contribution in [1.29, 1.82) is 0 Å². The minimum absolute atomic E-state index is 0.315. The monoisotopic (exact) mass is 256 g/mol. The minimum atomic E-state index is 0.315. The first-order chi connectivity index (χ1) is 6.50. The Morgan fingerprint density at radius 2 is 1.86 bits per heavy atom. The van der Waals surface area contributed by atoms with Gasteiger partial charge in [-0.2, -0.15) is 0 Å². The Morgan fingerprint density at radius 1 is 1.29 bits per heavy atom. The van der Waals surface area contributed by atoms with E-state index in [4.69, 9.17) is 0 Å². The summed E-state index contributed by atoms with van der Waals surface area (Å²) in [5.41, 5.74) is 1.52. The molecule has 3 heteroatoms. The first-order valence-electron chi connectivity index (χ1n) is 4.88. The van der Waals surface area contributed by atoms with Crippen LogP contribution < -0.4 is 0 Å². The maximum atomic E-state index is 4.00. The largest absolute Gasteiger partial charge is 0.245 e. The summed E-state index contributed by atoms with van der Waals surface area (Å²) in [6, 6.07) is 0. The van der Waals surface area contributed by atoms with Crippen LogP contribution in [0.5, 0.6) is 0 Å². The molecule has 78 valence electrons. The standard InChI is InChI=1S/C11H17BrN2/c1-11(2,3)10(12)5-4-9-6-13-8-14-7-9/h6-8,10H,4-5H2,1-3H3. The molecule has 1 rings (SSSR count). The van der Waals surface area contributed by atoms with Gasteiger partial charge >= 0.3 is 0 Å². The van der Waals surface area contributed by atoms with Gasteiger partial charge in [0.1, 0.15) is 6.33 Å². The second-order valence-electron chi connectivity index (χ2n) is 4.62. The van der Waals surface area contributed by atoms with Crippen LogP contribution in [-0.4, -0.2) is 14.8 Å². The molecule has 0 aliphatic heterocycles. The molecule has 0 N–H and O–H groups in total. The molecule has 0 saturated heterocycles. The normalized spacial score (nSPS) is 14.0. The van der Waals surface area contributed by atoms with E-state index in [0.29, 0.717) is 10.2 Å². The van der Waals surface area contributed by atoms with Crippen LogP contribution in [0, 0.1) is 5.41 Å². The molecule has 0 radical (unpaired) electrons. The number of aryl methyl sites for hydroxylation is 1. The summed E-state index contributed by atoms with van der Waals surface area (Å²) in [5, 5.41) is 0. The number of nitrogens with zero attached hydrogens (tertiary/aromatic N) is 2. The zero-order valence-electron chi connectivity index (χ0n) is 9.00. The zero-order chi connectivity index (χ0) is 10.6. The molecular weight excluding hydrogens is 240 g/mol. The summed E-state index contributed by atoms with van der Waals surface area (Å²) >= 11 is 3.71. The van der Waals surface area contributed by atoms with Gasteiger partial charge in [0.15, 0.2) is 0 Å². The van der Waals surface area contributed by atoms with Crippen molar-refractivity contribution in [2.75, 3.05) is 0 Å². The first kappa shape index (κ1) is 11.6. The van der Waals surface area contributed by atoms with Gasteiger partial charge < -0.3 is 0 Å². The predicted octanol–water partition coefficient (Wildman–Crippen LogP) is 3.22. The van der Waals surface area contributed by atoms with Crippen LogP contribution in [-0.2, 0) is 6.42 Å². The number of hydrogen-bond donors (Lipinski definition) is 0. The third-order valence-electron chi connectivity index (χ3n) is 2.24. The number of aromatic nitrogens is 2. The van der Waals surface area contributed by atoms with Crippen molar-refractivity contribution in [3.05, 3.63) is 24.3 Å². The van der Waals surface area contributed by atoms with Gasteiger partial charge in [-0.3, -0.25) is 0 Å². The maximum Gasteiger partial charge on any atom is 0.115 e. The van der Waals surface area contributed by atoms with Crippen molar-refractivity contribution >= 4 is 15.9 Å². The molecule has 0 bridgehead atoms. The highest BCUT2D eigenvalue weighted by molar-refractivity contribution is 9.09. The van der Waals surface area contributed by atoms with Gasteiger partial charge in [-0.1, -0.05) is 36.7 Å². The van der Waals surface area contributed by atoms with Crippen LogP contribution >= 0.6 is 15.9 Å². The van der Waals surface area contributed by atoms with Crippen molar-refractivity contribution in [2.24, 2.45) is 5.41 Å². The molecule has 14 heavy (non-hydrogen) atoms. The van der Waals surface area contributed by atoms with Crippen LogP contribution in [0.25, 0.3) is 0 Å². The van der Waals surface area contributed by atoms with Gasteiger partial charge in [-0.25, -0.2) is 9.97 Å². The van der Waals surface area contributed by atoms with Gasteiger partial charge in [0.25, 0.3) is 0 Å². The fourth-order valence-corrected chi connectivity index (χ4v) is 1.41. The third-order valence-corrected chi connectivity index (χ3v) is 4.07. The molecule has 2 nitrogen and oxygen atoms in total. The molecule has 0 aliphatic rings. The molecule has 1 aromatic heterocycles. The van der Waals surface area contributed by atoms with Gasteiger partial charge in [0.2, 0.25) is 0 Å². The average Bonchev–Trinajstić information content (AvgIpc) is 2.14. The number of alkyl halides is 1. The molecule has 0 saturated carbocycles. The van der Waals surface area contributed by atoms with Crippen LogP contribution in [0.15, 0.2) is 18.7 Å². The van der Waals surface area contributed by atoms with E-state index < -0.39 is 0 Å². The molecule has 1 aromatic rings. The third kappa shape index (κ3) is 3.74. The van der Waals surface area contributed by atoms with E-state index in [1.165, 1.54) is 5.56 Å². The molecule has 1 heterocycles. The molecule has 0 aromatic carbocycles. The summed E-state index contributed by atoms with van der Waals surface area (Å²) in [6.45, 7) is 6.73. The molecule has 0 aliphatic carbocycles. The van der Waals surface area contributed by atoms with Crippen LogP contribution in [0.4, 0.5) is 0 Å². The van der Waals surface area contributed by atoms with Crippen molar-refractivity contribution < 1.29 is 0 Å². The second kappa shape index (κ2) is 4.87. The molecule has 1 atom stereocenters. The number of halogens is 1. The summed E-state index contributed by atoms with van der Waals surface area (Å²) in [7, 11) is 0. The highest BCUT2D eigenvalue weighted by Gasteiger charge is 2.21. The van der Waals surface area contributed by atoms with E-state index in [2.05, 4.69) is 46.7 Å². The molecule has 0 fully saturated rings. The fourth-order valence-electron chi connectivity index (χ4n) is 1.19. The van der Waals surface area contributed by atoms with E-state index >= 15 is 0 Å². The topological polar surface area (TPSA) is 25.8 Å². The summed E-state index contributed by atoms with van der Waals surface area (Å²) in [4.78, 5) is 8.53. The average molecular weight is 257 g/mol. The van der Waals surface area contributed by atoms with Crippen LogP contribution in [0.1, 0.15) is 32.8 Å². The van der Waals surface area contributed by atoms with Crippen molar-refractivity contribution in [1.82, 2.24) is 9.97 Å². The summed E-state index contributed by atoms with van der Waals surface area (Å²) in [5.74, 6) is 0. The van der Waals surface area contributed by atoms with Crippen molar-refractivity contribution in [3.63, 3.8) is 0 Å². The Kier molecular flexibility index (Phi) is 4.05. The van der Waals surface area contributed by atoms with E-state index in [0.717, 1.165) is 12.8 Å². The SMILES string of the molecule is CC(C)(C)C(Br)CCc1cncnc1. The van der Waals surface area contributed by atoms with Crippen LogP contribution in [0.2, 0.25) is 0 Å². The van der Waals surface area contributed by atoms with Crippen molar-refractivity contribution in [2.45, 2.75) is 38.4 Å².